The van der Waals surface area contributed by atoms with Gasteiger partial charge < -0.3 is 5.11 Å². The molecule has 1 nitrogen and oxygen atoms in total. The zero-order chi connectivity index (χ0) is 11.2. The highest BCUT2D eigenvalue weighted by atomic mass is 79.9. The van der Waals surface area contributed by atoms with Crippen molar-refractivity contribution in [2.75, 3.05) is 0 Å². The van der Waals surface area contributed by atoms with E-state index in [0.717, 1.165) is 12.8 Å². The van der Waals surface area contributed by atoms with E-state index in [1.54, 1.807) is 6.92 Å². The van der Waals surface area contributed by atoms with E-state index < -0.39 is 6.10 Å². The first kappa shape index (κ1) is 11.4. The molecule has 1 saturated carbocycles. The van der Waals surface area contributed by atoms with Gasteiger partial charge in [-0.05, 0) is 53.2 Å². The van der Waals surface area contributed by atoms with Crippen LogP contribution in [-0.4, -0.2) is 5.11 Å². The fourth-order valence-electron chi connectivity index (χ4n) is 1.65. The zero-order valence-corrected chi connectivity index (χ0v) is 10.6. The van der Waals surface area contributed by atoms with Crippen LogP contribution in [0.15, 0.2) is 10.5 Å². The van der Waals surface area contributed by atoms with E-state index in [0.29, 0.717) is 20.6 Å². The van der Waals surface area contributed by atoms with Crippen molar-refractivity contribution in [3.05, 3.63) is 32.5 Å². The molecule has 1 unspecified atom stereocenters. The van der Waals surface area contributed by atoms with Gasteiger partial charge in [0.2, 0.25) is 0 Å². The molecule has 15 heavy (non-hydrogen) atoms. The van der Waals surface area contributed by atoms with Crippen molar-refractivity contribution in [3.8, 4) is 0 Å². The van der Waals surface area contributed by atoms with Gasteiger partial charge in [-0.25, -0.2) is 4.39 Å². The van der Waals surface area contributed by atoms with E-state index in [9.17, 15) is 9.50 Å². The van der Waals surface area contributed by atoms with Crippen LogP contribution in [0.4, 0.5) is 4.39 Å². The molecule has 1 aromatic rings. The van der Waals surface area contributed by atoms with E-state index in [2.05, 4.69) is 15.9 Å². The molecule has 0 radical (unpaired) electrons. The summed E-state index contributed by atoms with van der Waals surface area (Å²) in [6, 6.07) is 1.37. The predicted molar refractivity (Wildman–Crippen MR) is 61.5 cm³/mol. The minimum absolute atomic E-state index is 0.189. The highest BCUT2D eigenvalue weighted by Crippen LogP contribution is 2.45. The Balaban J connectivity index is 2.49. The molecule has 2 rings (SSSR count). The predicted octanol–water partition coefficient (Wildman–Crippen LogP) is 3.99. The third kappa shape index (κ3) is 2.05. The van der Waals surface area contributed by atoms with Crippen LogP contribution in [0.25, 0.3) is 0 Å². The van der Waals surface area contributed by atoms with Gasteiger partial charge in [0, 0.05) is 10.0 Å². The van der Waals surface area contributed by atoms with Gasteiger partial charge in [-0.2, -0.15) is 0 Å². The van der Waals surface area contributed by atoms with Crippen molar-refractivity contribution in [1.82, 2.24) is 0 Å². The Hall–Kier alpha value is -0.120. The molecule has 0 bridgehead atoms. The Morgan fingerprint density at radius 3 is 2.73 bits per heavy atom. The smallest absolute Gasteiger partial charge is 0.130 e. The normalized spacial score (nSPS) is 17.9. The van der Waals surface area contributed by atoms with Crippen LogP contribution in [0.3, 0.4) is 0 Å². The first-order valence-electron chi connectivity index (χ1n) is 4.84. The highest BCUT2D eigenvalue weighted by molar-refractivity contribution is 9.10. The Bertz CT molecular complexity index is 404. The number of hydrogen-bond donors (Lipinski definition) is 1. The number of benzene rings is 1. The Labute approximate surface area is 101 Å². The number of halogens is 3. The lowest BCUT2D eigenvalue weighted by Crippen LogP contribution is -2.05. The zero-order valence-electron chi connectivity index (χ0n) is 8.23. The van der Waals surface area contributed by atoms with Gasteiger partial charge in [0.05, 0.1) is 11.1 Å². The molecule has 1 N–H and O–H groups in total. The molecule has 1 aliphatic rings. The van der Waals surface area contributed by atoms with Gasteiger partial charge in [-0.15, -0.1) is 0 Å². The van der Waals surface area contributed by atoms with Crippen molar-refractivity contribution in [2.24, 2.45) is 5.92 Å². The lowest BCUT2D eigenvalue weighted by Gasteiger charge is -2.15. The van der Waals surface area contributed by atoms with Gasteiger partial charge in [-0.1, -0.05) is 11.6 Å². The number of aliphatic hydroxyl groups is 1. The lowest BCUT2D eigenvalue weighted by molar-refractivity contribution is 0.148. The first-order chi connectivity index (χ1) is 7.02. The third-order valence-electron chi connectivity index (χ3n) is 2.74. The maximum absolute atomic E-state index is 13.7. The second kappa shape index (κ2) is 4.04. The van der Waals surface area contributed by atoms with Crippen LogP contribution in [0.5, 0.6) is 0 Å². The molecule has 0 aromatic heterocycles. The summed E-state index contributed by atoms with van der Waals surface area (Å²) in [5.74, 6) is -0.197. The summed E-state index contributed by atoms with van der Waals surface area (Å²) in [6.07, 6.45) is 1.18. The van der Waals surface area contributed by atoms with Crippen molar-refractivity contribution >= 4 is 27.5 Å². The number of aliphatic hydroxyl groups excluding tert-OH is 1. The first-order valence-corrected chi connectivity index (χ1v) is 6.01. The van der Waals surface area contributed by atoms with Gasteiger partial charge in [-0.3, -0.25) is 0 Å². The van der Waals surface area contributed by atoms with E-state index >= 15 is 0 Å². The fraction of sp³-hybridized carbons (Fsp3) is 0.455. The van der Waals surface area contributed by atoms with Gasteiger partial charge in [0.1, 0.15) is 5.82 Å². The van der Waals surface area contributed by atoms with E-state index in [-0.39, 0.29) is 11.7 Å². The molecule has 1 fully saturated rings. The average Bonchev–Trinajstić information content (AvgIpc) is 2.97. The molecule has 0 heterocycles. The second-order valence-corrected chi connectivity index (χ2v) is 5.17. The van der Waals surface area contributed by atoms with E-state index in [1.165, 1.54) is 6.07 Å². The minimum atomic E-state index is -0.738. The Kier molecular flexibility index (Phi) is 3.06. The SMILES string of the molecule is Cc1cc(F)c(C(O)C2CC2)c(Br)c1Cl. The fourth-order valence-corrected chi connectivity index (χ4v) is 2.54. The summed E-state index contributed by atoms with van der Waals surface area (Å²) >= 11 is 9.25. The van der Waals surface area contributed by atoms with Crippen LogP contribution in [-0.2, 0) is 0 Å². The van der Waals surface area contributed by atoms with Crippen molar-refractivity contribution in [3.63, 3.8) is 0 Å². The molecule has 0 amide bonds. The lowest BCUT2D eigenvalue weighted by atomic mass is 10.0. The van der Waals surface area contributed by atoms with Crippen LogP contribution in [0.2, 0.25) is 5.02 Å². The topological polar surface area (TPSA) is 20.2 Å². The molecule has 0 spiro atoms. The highest BCUT2D eigenvalue weighted by Gasteiger charge is 2.34. The summed E-state index contributed by atoms with van der Waals surface area (Å²) in [5.41, 5.74) is 0.973. The number of rotatable bonds is 2. The summed E-state index contributed by atoms with van der Waals surface area (Å²) in [5, 5.41) is 10.4. The van der Waals surface area contributed by atoms with Crippen LogP contribution in [0.1, 0.15) is 30.1 Å². The standard InChI is InChI=1S/C11H11BrClFO/c1-5-4-7(14)8(9(12)10(5)13)11(15)6-2-3-6/h4,6,11,15H,2-3H2,1H3. The molecular weight excluding hydrogens is 282 g/mol. The number of hydrogen-bond acceptors (Lipinski definition) is 1. The van der Waals surface area contributed by atoms with Crippen LogP contribution in [0, 0.1) is 18.7 Å². The molecule has 1 aliphatic carbocycles. The molecule has 1 atom stereocenters. The van der Waals surface area contributed by atoms with Crippen molar-refractivity contribution < 1.29 is 9.50 Å². The van der Waals surface area contributed by atoms with Gasteiger partial charge in [0.15, 0.2) is 0 Å². The maximum atomic E-state index is 13.7. The van der Waals surface area contributed by atoms with E-state index in [1.807, 2.05) is 0 Å². The van der Waals surface area contributed by atoms with Crippen molar-refractivity contribution in [2.45, 2.75) is 25.9 Å². The average molecular weight is 294 g/mol. The Morgan fingerprint density at radius 1 is 1.60 bits per heavy atom. The molecule has 1 aromatic carbocycles. The van der Waals surface area contributed by atoms with Crippen LogP contribution < -0.4 is 0 Å². The molecule has 82 valence electrons. The van der Waals surface area contributed by atoms with Crippen LogP contribution >= 0.6 is 27.5 Å². The molecular formula is C11H11BrClFO. The molecule has 0 aliphatic heterocycles. The third-order valence-corrected chi connectivity index (χ3v) is 4.28. The summed E-state index contributed by atoms with van der Waals surface area (Å²) < 4.78 is 14.2. The molecule has 4 heteroatoms. The van der Waals surface area contributed by atoms with Gasteiger partial charge in [0.25, 0.3) is 0 Å². The van der Waals surface area contributed by atoms with Crippen molar-refractivity contribution in [1.29, 1.82) is 0 Å². The minimum Gasteiger partial charge on any atom is -0.388 e. The number of aryl methyl sites for hydroxylation is 1. The largest absolute Gasteiger partial charge is 0.388 e. The quantitative estimate of drug-likeness (QED) is 0.817. The summed E-state index contributed by atoms with van der Waals surface area (Å²) in [4.78, 5) is 0. The summed E-state index contributed by atoms with van der Waals surface area (Å²) in [6.45, 7) is 1.74. The summed E-state index contributed by atoms with van der Waals surface area (Å²) in [7, 11) is 0. The Morgan fingerprint density at radius 2 is 2.20 bits per heavy atom. The van der Waals surface area contributed by atoms with Gasteiger partial charge >= 0.3 is 0 Å². The molecule has 0 saturated heterocycles. The van der Waals surface area contributed by atoms with E-state index in [4.69, 9.17) is 11.6 Å². The maximum Gasteiger partial charge on any atom is 0.130 e. The monoisotopic (exact) mass is 292 g/mol. The second-order valence-electron chi connectivity index (χ2n) is 4.00.